The second-order valence-electron chi connectivity index (χ2n) is 12.9. The van der Waals surface area contributed by atoms with E-state index >= 15 is 0 Å². The Hall–Kier alpha value is -0.560. The summed E-state index contributed by atoms with van der Waals surface area (Å²) in [5, 5.41) is 9.34. The van der Waals surface area contributed by atoms with Gasteiger partial charge in [0.25, 0.3) is 0 Å². The Balaban J connectivity index is 1.53. The van der Waals surface area contributed by atoms with Crippen LogP contribution in [0.25, 0.3) is 0 Å². The lowest BCUT2D eigenvalue weighted by Gasteiger charge is -2.57. The maximum Gasteiger partial charge on any atom is 0.0456 e. The van der Waals surface area contributed by atoms with Crippen LogP contribution >= 0.6 is 0 Å². The molecule has 170 valence electrons. The fraction of sp³-hybridized carbons (Fsp3) is 0.862. The Kier molecular flexibility index (Phi) is 6.10. The van der Waals surface area contributed by atoms with Crippen molar-refractivity contribution in [2.24, 2.45) is 45.8 Å². The SMILES string of the molecule is CC(CO)CCC[C@@H](C)[C@H]1CC[C@H]2C3=C(C=C[C@]12C)[C@@]1(C)CCCC(C)(C)C1CC3. The van der Waals surface area contributed by atoms with Gasteiger partial charge in [-0.3, -0.25) is 0 Å². The van der Waals surface area contributed by atoms with Gasteiger partial charge in [0, 0.05) is 6.61 Å². The van der Waals surface area contributed by atoms with Gasteiger partial charge in [-0.2, -0.15) is 0 Å². The van der Waals surface area contributed by atoms with Crippen LogP contribution in [0.4, 0.5) is 0 Å². The third-order valence-corrected chi connectivity index (χ3v) is 10.6. The summed E-state index contributed by atoms with van der Waals surface area (Å²) in [6.07, 6.45) is 18.9. The van der Waals surface area contributed by atoms with Crippen LogP contribution in [-0.2, 0) is 0 Å². The molecule has 30 heavy (non-hydrogen) atoms. The molecule has 1 heteroatoms. The number of hydrogen-bond acceptors (Lipinski definition) is 1. The minimum Gasteiger partial charge on any atom is -0.396 e. The van der Waals surface area contributed by atoms with Gasteiger partial charge in [-0.25, -0.2) is 0 Å². The summed E-state index contributed by atoms with van der Waals surface area (Å²) < 4.78 is 0. The van der Waals surface area contributed by atoms with Crippen molar-refractivity contribution in [3.8, 4) is 0 Å². The smallest absolute Gasteiger partial charge is 0.0456 e. The largest absolute Gasteiger partial charge is 0.396 e. The highest BCUT2D eigenvalue weighted by molar-refractivity contribution is 5.44. The fourth-order valence-electron chi connectivity index (χ4n) is 8.87. The van der Waals surface area contributed by atoms with E-state index in [1.165, 1.54) is 64.2 Å². The molecule has 0 aromatic carbocycles. The molecular formula is C29H48O. The Morgan fingerprint density at radius 2 is 1.80 bits per heavy atom. The zero-order valence-electron chi connectivity index (χ0n) is 20.8. The van der Waals surface area contributed by atoms with Crippen molar-refractivity contribution in [2.75, 3.05) is 6.61 Å². The van der Waals surface area contributed by atoms with Crippen LogP contribution in [0.5, 0.6) is 0 Å². The Morgan fingerprint density at radius 3 is 2.53 bits per heavy atom. The average Bonchev–Trinajstić information content (AvgIpc) is 3.04. The van der Waals surface area contributed by atoms with E-state index in [4.69, 9.17) is 0 Å². The molecule has 4 aliphatic carbocycles. The lowest BCUT2D eigenvalue weighted by atomic mass is 9.47. The number of rotatable bonds is 6. The molecule has 1 nitrogen and oxygen atoms in total. The van der Waals surface area contributed by atoms with Crippen LogP contribution < -0.4 is 0 Å². The third-order valence-electron chi connectivity index (χ3n) is 10.6. The Bertz CT molecular complexity index is 699. The molecular weight excluding hydrogens is 364 g/mol. The number of fused-ring (bicyclic) bond motifs is 4. The van der Waals surface area contributed by atoms with Crippen LogP contribution in [0, 0.1) is 45.8 Å². The van der Waals surface area contributed by atoms with Gasteiger partial charge in [0.1, 0.15) is 0 Å². The van der Waals surface area contributed by atoms with Gasteiger partial charge >= 0.3 is 0 Å². The first-order valence-electron chi connectivity index (χ1n) is 13.2. The minimum absolute atomic E-state index is 0.341. The van der Waals surface area contributed by atoms with E-state index in [-0.39, 0.29) is 0 Å². The summed E-state index contributed by atoms with van der Waals surface area (Å²) in [5.74, 6) is 3.73. The first-order valence-corrected chi connectivity index (χ1v) is 13.2. The van der Waals surface area contributed by atoms with Crippen LogP contribution in [0.1, 0.15) is 106 Å². The molecule has 0 heterocycles. The van der Waals surface area contributed by atoms with E-state index in [9.17, 15) is 5.11 Å². The summed E-state index contributed by atoms with van der Waals surface area (Å²) in [4.78, 5) is 0. The van der Waals surface area contributed by atoms with Gasteiger partial charge in [-0.1, -0.05) is 78.5 Å². The van der Waals surface area contributed by atoms with Crippen LogP contribution in [0.3, 0.4) is 0 Å². The number of aliphatic hydroxyl groups excluding tert-OH is 1. The highest BCUT2D eigenvalue weighted by Crippen LogP contribution is 2.66. The van der Waals surface area contributed by atoms with Crippen molar-refractivity contribution in [1.29, 1.82) is 0 Å². The van der Waals surface area contributed by atoms with Crippen molar-refractivity contribution in [2.45, 2.75) is 106 Å². The molecule has 0 amide bonds. The van der Waals surface area contributed by atoms with Gasteiger partial charge in [0.15, 0.2) is 0 Å². The molecule has 4 rings (SSSR count). The first-order chi connectivity index (χ1) is 14.1. The monoisotopic (exact) mass is 412 g/mol. The fourth-order valence-corrected chi connectivity index (χ4v) is 8.87. The average molecular weight is 413 g/mol. The molecule has 0 aromatic heterocycles. The van der Waals surface area contributed by atoms with Gasteiger partial charge in [-0.05, 0) is 96.4 Å². The molecule has 2 saturated carbocycles. The molecule has 0 radical (unpaired) electrons. The molecule has 0 aliphatic heterocycles. The highest BCUT2D eigenvalue weighted by atomic mass is 16.3. The number of aliphatic hydroxyl groups is 1. The molecule has 0 saturated heterocycles. The molecule has 4 aliphatic rings. The van der Waals surface area contributed by atoms with E-state index in [1.54, 1.807) is 5.57 Å². The second-order valence-corrected chi connectivity index (χ2v) is 12.9. The zero-order valence-corrected chi connectivity index (χ0v) is 20.8. The van der Waals surface area contributed by atoms with E-state index < -0.39 is 0 Å². The Labute approximate surface area is 186 Å². The molecule has 7 atom stereocenters. The number of allylic oxidation sites excluding steroid dienone is 4. The van der Waals surface area contributed by atoms with E-state index in [2.05, 4.69) is 53.7 Å². The lowest BCUT2D eigenvalue weighted by molar-refractivity contribution is 0.0106. The zero-order chi connectivity index (χ0) is 21.7. The van der Waals surface area contributed by atoms with Crippen LogP contribution in [0.2, 0.25) is 0 Å². The minimum atomic E-state index is 0.341. The van der Waals surface area contributed by atoms with E-state index in [0.717, 1.165) is 23.7 Å². The van der Waals surface area contributed by atoms with Crippen LogP contribution in [-0.4, -0.2) is 11.7 Å². The Morgan fingerprint density at radius 1 is 1.03 bits per heavy atom. The maximum absolute atomic E-state index is 9.34. The van der Waals surface area contributed by atoms with Crippen molar-refractivity contribution < 1.29 is 5.11 Å². The topological polar surface area (TPSA) is 20.2 Å². The first kappa shape index (κ1) is 22.6. The van der Waals surface area contributed by atoms with Gasteiger partial charge in [0.05, 0.1) is 0 Å². The highest BCUT2D eigenvalue weighted by Gasteiger charge is 2.56. The summed E-state index contributed by atoms with van der Waals surface area (Å²) in [7, 11) is 0. The van der Waals surface area contributed by atoms with Crippen molar-refractivity contribution in [3.63, 3.8) is 0 Å². The predicted molar refractivity (Wildman–Crippen MR) is 128 cm³/mol. The summed E-state index contributed by atoms with van der Waals surface area (Å²) in [6, 6.07) is 0. The quantitative estimate of drug-likeness (QED) is 0.469. The van der Waals surface area contributed by atoms with Crippen LogP contribution in [0.15, 0.2) is 23.3 Å². The van der Waals surface area contributed by atoms with Crippen molar-refractivity contribution >= 4 is 0 Å². The van der Waals surface area contributed by atoms with Gasteiger partial charge in [0.2, 0.25) is 0 Å². The third kappa shape index (κ3) is 3.56. The summed E-state index contributed by atoms with van der Waals surface area (Å²) in [6.45, 7) is 15.3. The van der Waals surface area contributed by atoms with Crippen molar-refractivity contribution in [1.82, 2.24) is 0 Å². The molecule has 2 unspecified atom stereocenters. The normalized spacial score (nSPS) is 41.8. The lowest BCUT2D eigenvalue weighted by Crippen LogP contribution is -2.47. The van der Waals surface area contributed by atoms with Crippen molar-refractivity contribution in [3.05, 3.63) is 23.3 Å². The molecule has 2 fully saturated rings. The molecule has 1 N–H and O–H groups in total. The second kappa shape index (κ2) is 8.09. The maximum atomic E-state index is 9.34. The van der Waals surface area contributed by atoms with E-state index in [0.29, 0.717) is 28.8 Å². The predicted octanol–water partition coefficient (Wildman–Crippen LogP) is 7.95. The van der Waals surface area contributed by atoms with Gasteiger partial charge in [-0.15, -0.1) is 0 Å². The molecule has 0 spiro atoms. The molecule has 0 bridgehead atoms. The standard InChI is InChI=1S/C29H48O/c1-20(19-30)9-7-10-21(2)23-12-13-24-22-11-14-26-27(3,4)16-8-17-29(26,6)25(22)15-18-28(23,24)5/h15,18,20-21,23-24,26,30H,7-14,16-17,19H2,1-6H3/t20?,21-,23-,24+,26?,28-,29-/m1/s1. The van der Waals surface area contributed by atoms with Gasteiger partial charge < -0.3 is 5.11 Å². The summed E-state index contributed by atoms with van der Waals surface area (Å²) >= 11 is 0. The van der Waals surface area contributed by atoms with E-state index in [1.807, 2.05) is 5.57 Å². The number of hydrogen-bond donors (Lipinski definition) is 1. The summed E-state index contributed by atoms with van der Waals surface area (Å²) in [5.41, 5.74) is 4.93. The molecule has 0 aromatic rings.